The number of benzene rings is 2. The van der Waals surface area contributed by atoms with E-state index in [-0.39, 0.29) is 23.4 Å². The van der Waals surface area contributed by atoms with Crippen molar-refractivity contribution in [2.75, 3.05) is 5.32 Å². The van der Waals surface area contributed by atoms with Crippen LogP contribution in [0.3, 0.4) is 0 Å². The third-order valence-corrected chi connectivity index (χ3v) is 4.63. The fourth-order valence-electron chi connectivity index (χ4n) is 2.16. The van der Waals surface area contributed by atoms with Crippen molar-refractivity contribution in [3.63, 3.8) is 0 Å². The fourth-order valence-corrected chi connectivity index (χ4v) is 3.46. The highest BCUT2D eigenvalue weighted by atomic mass is 79.9. The monoisotopic (exact) mass is 428 g/mol. The zero-order chi connectivity index (χ0) is 18.8. The van der Waals surface area contributed by atoms with Crippen molar-refractivity contribution in [1.82, 2.24) is 0 Å². The van der Waals surface area contributed by atoms with Gasteiger partial charge >= 0.3 is 0 Å². The minimum Gasteiger partial charge on any atom is -0.324 e. The molecule has 0 aliphatic rings. The number of nitrogens with zero attached hydrogens (tertiary/aromatic N) is 1. The Morgan fingerprint density at radius 2 is 2.00 bits per heavy atom. The van der Waals surface area contributed by atoms with E-state index in [2.05, 4.69) is 21.2 Å². The van der Waals surface area contributed by atoms with Crippen molar-refractivity contribution in [2.24, 2.45) is 0 Å². The number of nitro benzene ring substituents is 1. The molecule has 0 spiro atoms. The Balaban J connectivity index is 2.80. The van der Waals surface area contributed by atoms with Crippen LogP contribution in [0, 0.1) is 10.1 Å². The van der Waals surface area contributed by atoms with Crippen LogP contribution in [-0.2, 0) is 14.9 Å². The predicted octanol–water partition coefficient (Wildman–Crippen LogP) is 3.62. The topological polar surface area (TPSA) is 127 Å². The van der Waals surface area contributed by atoms with E-state index >= 15 is 0 Å². The number of hydrogen-bond acceptors (Lipinski definition) is 5. The molecule has 2 N–H and O–H groups in total. The summed E-state index contributed by atoms with van der Waals surface area (Å²) in [5.41, 5.74) is 0.191. The van der Waals surface area contributed by atoms with Crippen molar-refractivity contribution in [3.05, 3.63) is 51.0 Å². The van der Waals surface area contributed by atoms with E-state index < -0.39 is 25.8 Å². The zero-order valence-electron chi connectivity index (χ0n) is 12.9. The van der Waals surface area contributed by atoms with E-state index in [1.165, 1.54) is 30.3 Å². The maximum Gasteiger partial charge on any atom is 0.296 e. The second-order valence-electron chi connectivity index (χ2n) is 5.01. The standard InChI is InChI=1S/C15H13BrN2O6S/c1-2-14(19)17-15-12(7-10(16)8-13(15)25(22,23)24)9-4-3-5-11(6-9)18(20)21/h3-8H,2H2,1H3,(H,17,19)(H,22,23,24). The van der Waals surface area contributed by atoms with Gasteiger partial charge in [-0.2, -0.15) is 8.42 Å². The molecule has 0 aliphatic carbocycles. The number of carbonyl (C=O) groups is 1. The zero-order valence-corrected chi connectivity index (χ0v) is 15.3. The average molecular weight is 429 g/mol. The largest absolute Gasteiger partial charge is 0.324 e. The third kappa shape index (κ3) is 4.41. The highest BCUT2D eigenvalue weighted by molar-refractivity contribution is 9.10. The molecule has 1 amide bonds. The molecule has 10 heteroatoms. The lowest BCUT2D eigenvalue weighted by atomic mass is 10.0. The Morgan fingerprint density at radius 3 is 2.56 bits per heavy atom. The number of rotatable bonds is 5. The molecule has 0 heterocycles. The highest BCUT2D eigenvalue weighted by Crippen LogP contribution is 2.38. The van der Waals surface area contributed by atoms with Gasteiger partial charge in [0.15, 0.2) is 0 Å². The van der Waals surface area contributed by atoms with Crippen LogP contribution in [0.2, 0.25) is 0 Å². The first-order valence-electron chi connectivity index (χ1n) is 6.99. The molecule has 25 heavy (non-hydrogen) atoms. The van der Waals surface area contributed by atoms with Crippen molar-refractivity contribution in [1.29, 1.82) is 0 Å². The van der Waals surface area contributed by atoms with Crippen LogP contribution >= 0.6 is 15.9 Å². The summed E-state index contributed by atoms with van der Waals surface area (Å²) in [5.74, 6) is -0.473. The van der Waals surface area contributed by atoms with Gasteiger partial charge in [0.05, 0.1) is 10.6 Å². The molecule has 2 rings (SSSR count). The van der Waals surface area contributed by atoms with E-state index in [1.54, 1.807) is 6.92 Å². The number of halogens is 1. The maximum atomic E-state index is 11.8. The molecule has 0 saturated heterocycles. The summed E-state index contributed by atoms with van der Waals surface area (Å²) in [6.07, 6.45) is 0.0787. The summed E-state index contributed by atoms with van der Waals surface area (Å²) in [6, 6.07) is 8.14. The van der Waals surface area contributed by atoms with E-state index in [0.29, 0.717) is 10.0 Å². The molecule has 0 aromatic heterocycles. The molecule has 2 aromatic rings. The Bertz CT molecular complexity index is 958. The molecule has 0 fully saturated rings. The number of nitrogens with one attached hydrogen (secondary N) is 1. The lowest BCUT2D eigenvalue weighted by molar-refractivity contribution is -0.384. The average Bonchev–Trinajstić information content (AvgIpc) is 2.55. The van der Waals surface area contributed by atoms with Crippen LogP contribution in [0.25, 0.3) is 11.1 Å². The Labute approximate surface area is 151 Å². The number of hydrogen-bond donors (Lipinski definition) is 2. The summed E-state index contributed by atoms with van der Waals surface area (Å²) in [7, 11) is -4.65. The van der Waals surface area contributed by atoms with Crippen LogP contribution in [-0.4, -0.2) is 23.8 Å². The molecule has 0 unspecified atom stereocenters. The molecular formula is C15H13BrN2O6S. The lowest BCUT2D eigenvalue weighted by Gasteiger charge is -2.15. The number of non-ortho nitro benzene ring substituents is 1. The van der Waals surface area contributed by atoms with Gasteiger partial charge in [-0.3, -0.25) is 19.5 Å². The summed E-state index contributed by atoms with van der Waals surface area (Å²) in [5, 5.41) is 13.4. The van der Waals surface area contributed by atoms with Crippen LogP contribution < -0.4 is 5.32 Å². The number of carbonyl (C=O) groups excluding carboxylic acids is 1. The van der Waals surface area contributed by atoms with Crippen LogP contribution in [0.5, 0.6) is 0 Å². The number of amides is 1. The molecule has 0 radical (unpaired) electrons. The van der Waals surface area contributed by atoms with Crippen LogP contribution in [0.4, 0.5) is 11.4 Å². The van der Waals surface area contributed by atoms with E-state index in [4.69, 9.17) is 0 Å². The van der Waals surface area contributed by atoms with Crippen LogP contribution in [0.1, 0.15) is 13.3 Å². The van der Waals surface area contributed by atoms with Gasteiger partial charge in [-0.05, 0) is 17.7 Å². The molecule has 0 atom stereocenters. The van der Waals surface area contributed by atoms with Crippen molar-refractivity contribution in [3.8, 4) is 11.1 Å². The smallest absolute Gasteiger partial charge is 0.296 e. The summed E-state index contributed by atoms with van der Waals surface area (Å²) >= 11 is 3.15. The summed E-state index contributed by atoms with van der Waals surface area (Å²) in [6.45, 7) is 1.58. The molecular weight excluding hydrogens is 416 g/mol. The second kappa shape index (κ2) is 7.30. The van der Waals surface area contributed by atoms with Gasteiger partial charge in [-0.15, -0.1) is 0 Å². The van der Waals surface area contributed by atoms with Gasteiger partial charge in [-0.1, -0.05) is 35.0 Å². The van der Waals surface area contributed by atoms with Gasteiger partial charge in [0.1, 0.15) is 4.90 Å². The van der Waals surface area contributed by atoms with Gasteiger partial charge in [0.2, 0.25) is 5.91 Å². The first kappa shape index (κ1) is 19.0. The van der Waals surface area contributed by atoms with E-state index in [0.717, 1.165) is 6.07 Å². The molecule has 2 aromatic carbocycles. The highest BCUT2D eigenvalue weighted by Gasteiger charge is 2.23. The SMILES string of the molecule is CCC(=O)Nc1c(-c2cccc([N+](=O)[O-])c2)cc(Br)cc1S(=O)(=O)O. The Hall–Kier alpha value is -2.30. The second-order valence-corrected chi connectivity index (χ2v) is 7.32. The molecule has 0 saturated carbocycles. The summed E-state index contributed by atoms with van der Waals surface area (Å²) in [4.78, 5) is 21.7. The van der Waals surface area contributed by atoms with Gasteiger partial charge in [0, 0.05) is 28.6 Å². The van der Waals surface area contributed by atoms with Gasteiger partial charge in [0.25, 0.3) is 15.8 Å². The first-order chi connectivity index (χ1) is 11.6. The number of anilines is 1. The fraction of sp³-hybridized carbons (Fsp3) is 0.133. The minimum absolute atomic E-state index is 0.0787. The molecule has 0 bridgehead atoms. The molecule has 8 nitrogen and oxygen atoms in total. The van der Waals surface area contributed by atoms with Gasteiger partial charge < -0.3 is 5.32 Å². The lowest BCUT2D eigenvalue weighted by Crippen LogP contribution is -2.14. The normalized spacial score (nSPS) is 11.2. The Morgan fingerprint density at radius 1 is 1.32 bits per heavy atom. The predicted molar refractivity (Wildman–Crippen MR) is 95.0 cm³/mol. The van der Waals surface area contributed by atoms with Crippen molar-refractivity contribution >= 4 is 43.3 Å². The van der Waals surface area contributed by atoms with E-state index in [1.807, 2.05) is 0 Å². The molecule has 132 valence electrons. The van der Waals surface area contributed by atoms with E-state index in [9.17, 15) is 27.9 Å². The first-order valence-corrected chi connectivity index (χ1v) is 9.22. The summed E-state index contributed by atoms with van der Waals surface area (Å²) < 4.78 is 33.2. The van der Waals surface area contributed by atoms with Crippen molar-refractivity contribution in [2.45, 2.75) is 18.2 Å². The maximum absolute atomic E-state index is 11.8. The molecule has 0 aliphatic heterocycles. The Kier molecular flexibility index (Phi) is 5.55. The number of nitro groups is 1. The van der Waals surface area contributed by atoms with Crippen molar-refractivity contribution < 1.29 is 22.7 Å². The quantitative estimate of drug-likeness (QED) is 0.425. The minimum atomic E-state index is -4.65. The van der Waals surface area contributed by atoms with Gasteiger partial charge in [-0.25, -0.2) is 0 Å². The van der Waals surface area contributed by atoms with Crippen LogP contribution in [0.15, 0.2) is 45.8 Å². The third-order valence-electron chi connectivity index (χ3n) is 3.30.